The Morgan fingerprint density at radius 1 is 0.823 bits per heavy atom. The van der Waals surface area contributed by atoms with E-state index >= 15 is 0 Å². The largest absolute Gasteiger partial charge is 0.462 e. The molecule has 348 valence electrons. The Labute approximate surface area is 367 Å². The first-order chi connectivity index (χ1) is 29.5. The fraction of sp³-hybridized carbons (Fsp3) is 0.771. The van der Waals surface area contributed by atoms with Gasteiger partial charge in [0.05, 0.1) is 49.3 Å². The smallest absolute Gasteiger partial charge is 0.316 e. The number of methoxy groups -OCH3 is 3. The van der Waals surface area contributed by atoms with Gasteiger partial charge in [0, 0.05) is 58.8 Å². The van der Waals surface area contributed by atoms with Crippen molar-refractivity contribution in [3.8, 4) is 0 Å². The van der Waals surface area contributed by atoms with E-state index in [1.165, 1.54) is 0 Å². The molecule has 14 nitrogen and oxygen atoms in total. The van der Waals surface area contributed by atoms with Gasteiger partial charge in [-0.3, -0.25) is 4.79 Å². The van der Waals surface area contributed by atoms with Gasteiger partial charge >= 0.3 is 5.97 Å². The lowest BCUT2D eigenvalue weighted by atomic mass is 9.70. The van der Waals surface area contributed by atoms with Crippen LogP contribution >= 0.6 is 0 Å². The van der Waals surface area contributed by atoms with E-state index < -0.39 is 90.8 Å². The van der Waals surface area contributed by atoms with E-state index in [1.807, 2.05) is 38.2 Å². The van der Waals surface area contributed by atoms with Gasteiger partial charge < -0.3 is 62.3 Å². The molecule has 0 unspecified atom stereocenters. The Bertz CT molecular complexity index is 1720. The van der Waals surface area contributed by atoms with Crippen molar-refractivity contribution in [3.05, 3.63) is 59.3 Å². The number of fused-ring (bicyclic) bond motifs is 2. The summed E-state index contributed by atoms with van der Waals surface area (Å²) >= 11 is 0. The molecule has 6 heterocycles. The second-order valence-electron chi connectivity index (χ2n) is 19.0. The van der Waals surface area contributed by atoms with Crippen LogP contribution in [-0.2, 0) is 56.9 Å². The minimum absolute atomic E-state index is 0.0944. The molecule has 0 aromatic heterocycles. The minimum atomic E-state index is -1.71. The molecular formula is C48H72O14. The molecule has 1 aliphatic carbocycles. The van der Waals surface area contributed by atoms with Gasteiger partial charge in [-0.05, 0) is 62.8 Å². The number of rotatable bonds is 8. The van der Waals surface area contributed by atoms with Crippen molar-refractivity contribution in [2.24, 2.45) is 23.7 Å². The molecular weight excluding hydrogens is 801 g/mol. The quantitative estimate of drug-likeness (QED) is 0.228. The van der Waals surface area contributed by atoms with E-state index in [0.717, 1.165) is 11.1 Å². The van der Waals surface area contributed by atoms with Crippen LogP contribution in [-0.4, -0.2) is 141 Å². The number of carbonyl (C=O) groups excluding carboxylic acids is 1. The van der Waals surface area contributed by atoms with Gasteiger partial charge in [-0.15, -0.1) is 0 Å². The number of aliphatic hydroxyl groups excluding tert-OH is 1. The first-order valence-electron chi connectivity index (χ1n) is 22.7. The van der Waals surface area contributed by atoms with Crippen LogP contribution in [0.1, 0.15) is 87.5 Å². The first kappa shape index (κ1) is 47.6. The van der Waals surface area contributed by atoms with Crippen LogP contribution in [0.4, 0.5) is 0 Å². The van der Waals surface area contributed by atoms with Gasteiger partial charge in [0.2, 0.25) is 0 Å². The van der Waals surface area contributed by atoms with Crippen LogP contribution in [0.5, 0.6) is 0 Å². The highest BCUT2D eigenvalue weighted by Gasteiger charge is 2.60. The van der Waals surface area contributed by atoms with Crippen LogP contribution in [0.3, 0.4) is 0 Å². The number of esters is 1. The van der Waals surface area contributed by atoms with Gasteiger partial charge in [0.15, 0.2) is 18.4 Å². The normalized spacial score (nSPS) is 48.7. The molecule has 0 saturated carbocycles. The molecule has 6 aliphatic heterocycles. The average molecular weight is 873 g/mol. The zero-order chi connectivity index (χ0) is 44.7. The Hall–Kier alpha value is -2.31. The van der Waals surface area contributed by atoms with Crippen LogP contribution in [0, 0.1) is 23.7 Å². The van der Waals surface area contributed by atoms with Crippen LogP contribution in [0.25, 0.3) is 0 Å². The number of carbonyl (C=O) groups is 1. The van der Waals surface area contributed by atoms with Crippen molar-refractivity contribution in [2.75, 3.05) is 27.9 Å². The van der Waals surface area contributed by atoms with E-state index in [9.17, 15) is 15.0 Å². The fourth-order valence-electron chi connectivity index (χ4n) is 10.7. The lowest BCUT2D eigenvalue weighted by Crippen LogP contribution is -2.58. The van der Waals surface area contributed by atoms with Crippen LogP contribution < -0.4 is 0 Å². The third kappa shape index (κ3) is 9.64. The van der Waals surface area contributed by atoms with Crippen molar-refractivity contribution in [1.82, 2.24) is 0 Å². The Morgan fingerprint density at radius 3 is 2.24 bits per heavy atom. The zero-order valence-corrected chi connectivity index (χ0v) is 38.5. The molecule has 4 saturated heterocycles. The highest BCUT2D eigenvalue weighted by Crippen LogP contribution is 2.47. The first-order valence-corrected chi connectivity index (χ1v) is 22.7. The number of hydrogen-bond acceptors (Lipinski definition) is 14. The van der Waals surface area contributed by atoms with Crippen molar-refractivity contribution in [1.29, 1.82) is 0 Å². The van der Waals surface area contributed by atoms with E-state index in [1.54, 1.807) is 34.3 Å². The van der Waals surface area contributed by atoms with Crippen LogP contribution in [0.2, 0.25) is 0 Å². The molecule has 4 fully saturated rings. The van der Waals surface area contributed by atoms with Gasteiger partial charge in [-0.25, -0.2) is 0 Å². The maximum Gasteiger partial charge on any atom is 0.316 e. The Morgan fingerprint density at radius 2 is 1.53 bits per heavy atom. The summed E-state index contributed by atoms with van der Waals surface area (Å²) in [7, 11) is 4.82. The SMILES string of the molecule is CO[C@H]1C[C@H](O[C@H]2[C@H](C)O[C@@H](O[C@@H]3/C(C)=C\C[C@@H]4C[C@H](C[C@]5(C=C[C@H](C)[C@@H](C(C)C)O5)O4)OC(=O)[C@@H]4C=C(C)[C@@H](OC)[C@@H]5OC/C(=C/C=C/[C@@H]3C)[C@]45O)C[C@@H]2OC)O[C@@H](C)[C@@H]1O. The van der Waals surface area contributed by atoms with E-state index in [4.69, 9.17) is 52.1 Å². The Kier molecular flexibility index (Phi) is 15.1. The topological polar surface area (TPSA) is 159 Å². The Balaban J connectivity index is 1.19. The lowest BCUT2D eigenvalue weighted by Gasteiger charge is -2.48. The maximum absolute atomic E-state index is 14.4. The molecule has 0 aromatic rings. The molecule has 0 amide bonds. The lowest BCUT2D eigenvalue weighted by molar-refractivity contribution is -0.318. The van der Waals surface area contributed by atoms with Crippen LogP contribution in [0.15, 0.2) is 59.3 Å². The molecule has 7 aliphatic rings. The zero-order valence-electron chi connectivity index (χ0n) is 38.5. The summed E-state index contributed by atoms with van der Waals surface area (Å²) < 4.78 is 69.7. The van der Waals surface area contributed by atoms with Crippen molar-refractivity contribution in [3.63, 3.8) is 0 Å². The van der Waals surface area contributed by atoms with Gasteiger partial charge in [0.25, 0.3) is 0 Å². The monoisotopic (exact) mass is 872 g/mol. The molecule has 19 atom stereocenters. The fourth-order valence-corrected chi connectivity index (χ4v) is 10.7. The van der Waals surface area contributed by atoms with Gasteiger partial charge in [-0.1, -0.05) is 64.2 Å². The summed E-state index contributed by atoms with van der Waals surface area (Å²) in [6.45, 7) is 16.3. The number of allylic oxidation sites excluding steroid dienone is 2. The summed E-state index contributed by atoms with van der Waals surface area (Å²) in [6, 6.07) is 0. The predicted octanol–water partition coefficient (Wildman–Crippen LogP) is 5.64. The number of hydrogen-bond donors (Lipinski definition) is 2. The molecule has 1 spiro atoms. The van der Waals surface area contributed by atoms with Crippen molar-refractivity contribution < 1.29 is 67.1 Å². The molecule has 14 heteroatoms. The number of aliphatic hydroxyl groups is 2. The highest BCUT2D eigenvalue weighted by atomic mass is 16.7. The maximum atomic E-state index is 14.4. The molecule has 7 rings (SSSR count). The molecule has 62 heavy (non-hydrogen) atoms. The summed E-state index contributed by atoms with van der Waals surface area (Å²) in [4.78, 5) is 14.4. The molecule has 0 aromatic carbocycles. The molecule has 2 bridgehead atoms. The minimum Gasteiger partial charge on any atom is -0.462 e. The predicted molar refractivity (Wildman–Crippen MR) is 227 cm³/mol. The average Bonchev–Trinajstić information content (AvgIpc) is 3.56. The molecule has 0 radical (unpaired) electrons. The second kappa shape index (κ2) is 19.7. The van der Waals surface area contributed by atoms with E-state index in [-0.39, 0.29) is 42.7 Å². The standard InChI is InChI=1S/C48H72O14/c1-25(2)41-28(5)17-18-47(62-41)23-34-20-33(61-47)16-15-27(4)42(59-39-22-37(53-10)44(31(8)57-39)60-38-21-36(52-9)40(49)30(7)56-38)26(3)13-12-14-32-24-55-45-43(54-11)29(6)19-35(46(50)58-34)48(32,45)51/h12-15,17-19,25-26,28,30-31,33-45,49,51H,16,20-24H2,1-11H3/b13-12+,27-15-,32-14-/t26-,28-,30-,31-,33+,34+,35-,36-,37-,38-,39-,40-,41+,42-,43+,44-,45-,47+,48-/m0/s1. The molecule has 2 N–H and O–H groups in total. The second-order valence-corrected chi connectivity index (χ2v) is 19.0. The number of ether oxygens (including phenoxy) is 11. The highest BCUT2D eigenvalue weighted by molar-refractivity contribution is 5.78. The van der Waals surface area contributed by atoms with E-state index in [0.29, 0.717) is 37.7 Å². The summed E-state index contributed by atoms with van der Waals surface area (Å²) in [5.41, 5.74) is 0.622. The van der Waals surface area contributed by atoms with Gasteiger partial charge in [0.1, 0.15) is 42.0 Å². The third-order valence-corrected chi connectivity index (χ3v) is 14.2. The van der Waals surface area contributed by atoms with Crippen molar-refractivity contribution >= 4 is 5.97 Å². The van der Waals surface area contributed by atoms with Gasteiger partial charge in [-0.2, -0.15) is 0 Å². The summed E-state index contributed by atoms with van der Waals surface area (Å²) in [5, 5.41) is 23.2. The third-order valence-electron chi connectivity index (χ3n) is 14.2. The summed E-state index contributed by atoms with van der Waals surface area (Å²) in [6.07, 6.45) is 8.94. The van der Waals surface area contributed by atoms with Crippen molar-refractivity contribution in [2.45, 2.75) is 185 Å². The van der Waals surface area contributed by atoms with E-state index in [2.05, 4.69) is 46.8 Å². The summed E-state index contributed by atoms with van der Waals surface area (Å²) in [5.74, 6) is -2.41.